The second-order valence-corrected chi connectivity index (χ2v) is 14.6. The molecule has 0 aliphatic heterocycles. The number of carbonyl (C=O) groups excluding carboxylic acids is 4. The van der Waals surface area contributed by atoms with Crippen molar-refractivity contribution in [2.45, 2.75) is 119 Å². The summed E-state index contributed by atoms with van der Waals surface area (Å²) in [5.41, 5.74) is -1.04. The molecule has 0 aliphatic rings. The van der Waals surface area contributed by atoms with Crippen LogP contribution < -0.4 is 5.32 Å². The van der Waals surface area contributed by atoms with E-state index in [1.54, 1.807) is 59.7 Å². The number of ether oxygens (including phenoxy) is 2. The third-order valence-corrected chi connectivity index (χ3v) is 7.52. The molecular formula is C35H57N3O6. The highest BCUT2D eigenvalue weighted by Gasteiger charge is 2.45. The second kappa shape index (κ2) is 15.6. The Morgan fingerprint density at radius 3 is 1.91 bits per heavy atom. The van der Waals surface area contributed by atoms with Crippen molar-refractivity contribution >= 4 is 23.9 Å². The van der Waals surface area contributed by atoms with Crippen LogP contribution in [0.25, 0.3) is 0 Å². The number of hydrogen-bond donors (Lipinski definition) is 1. The average molecular weight is 616 g/mol. The third kappa shape index (κ3) is 11.0. The number of amides is 3. The Hall–Kier alpha value is -3.36. The molecule has 0 fully saturated rings. The monoisotopic (exact) mass is 615 g/mol. The minimum absolute atomic E-state index is 0.225. The molecule has 9 nitrogen and oxygen atoms in total. The largest absolute Gasteiger partial charge is 0.463 e. The van der Waals surface area contributed by atoms with Gasteiger partial charge in [0, 0.05) is 25.1 Å². The molecule has 0 bridgehead atoms. The molecule has 248 valence electrons. The molecule has 9 heteroatoms. The van der Waals surface area contributed by atoms with Gasteiger partial charge in [-0.05, 0) is 57.9 Å². The number of carbonyl (C=O) groups is 4. The summed E-state index contributed by atoms with van der Waals surface area (Å²) in [5, 5.41) is 3.02. The van der Waals surface area contributed by atoms with Crippen molar-refractivity contribution in [2.75, 3.05) is 20.7 Å². The van der Waals surface area contributed by atoms with E-state index in [0.717, 1.165) is 5.56 Å². The highest BCUT2D eigenvalue weighted by molar-refractivity contribution is 5.93. The lowest BCUT2D eigenvalue weighted by molar-refractivity contribution is -0.141. The molecule has 1 aromatic carbocycles. The van der Waals surface area contributed by atoms with E-state index in [-0.39, 0.29) is 18.4 Å². The van der Waals surface area contributed by atoms with Crippen molar-refractivity contribution in [1.82, 2.24) is 15.1 Å². The summed E-state index contributed by atoms with van der Waals surface area (Å²) in [4.78, 5) is 57.2. The molecule has 0 aliphatic carbocycles. The van der Waals surface area contributed by atoms with E-state index in [9.17, 15) is 19.2 Å². The van der Waals surface area contributed by atoms with Gasteiger partial charge in [-0.3, -0.25) is 14.5 Å². The first-order valence-electron chi connectivity index (χ1n) is 15.5. The average Bonchev–Trinajstić information content (AvgIpc) is 2.89. The van der Waals surface area contributed by atoms with E-state index >= 15 is 0 Å². The van der Waals surface area contributed by atoms with Gasteiger partial charge in [-0.1, -0.05) is 84.9 Å². The summed E-state index contributed by atoms with van der Waals surface area (Å²) in [5.74, 6) is -0.991. The number of hydrogen-bond acceptors (Lipinski definition) is 6. The van der Waals surface area contributed by atoms with E-state index in [1.165, 1.54) is 4.90 Å². The predicted octanol–water partition coefficient (Wildman–Crippen LogP) is 6.11. The van der Waals surface area contributed by atoms with E-state index < -0.39 is 52.5 Å². The molecule has 0 heterocycles. The van der Waals surface area contributed by atoms with E-state index in [4.69, 9.17) is 9.47 Å². The smallest absolute Gasteiger partial charge is 0.410 e. The Morgan fingerprint density at radius 2 is 1.45 bits per heavy atom. The molecule has 44 heavy (non-hydrogen) atoms. The molecule has 0 unspecified atom stereocenters. The van der Waals surface area contributed by atoms with Gasteiger partial charge >= 0.3 is 12.1 Å². The van der Waals surface area contributed by atoms with Crippen LogP contribution in [0.5, 0.6) is 0 Å². The lowest BCUT2D eigenvalue weighted by Gasteiger charge is -2.42. The topological polar surface area (TPSA) is 105 Å². The van der Waals surface area contributed by atoms with Gasteiger partial charge in [0.2, 0.25) is 11.8 Å². The molecule has 0 spiro atoms. The van der Waals surface area contributed by atoms with E-state index in [2.05, 4.69) is 5.32 Å². The van der Waals surface area contributed by atoms with Gasteiger partial charge in [0.05, 0.1) is 12.6 Å². The van der Waals surface area contributed by atoms with Gasteiger partial charge in [0.1, 0.15) is 17.7 Å². The van der Waals surface area contributed by atoms with Crippen molar-refractivity contribution in [3.05, 3.63) is 47.5 Å². The van der Waals surface area contributed by atoms with Crippen molar-refractivity contribution in [2.24, 2.45) is 11.3 Å². The first-order chi connectivity index (χ1) is 20.0. The number of benzene rings is 1. The standard InChI is InChI=1S/C35H57N3O6/c1-15-43-31(41)24(4)22-26(21-23(2)3)37(13)30(40)27(33(5,6)7)36-29(39)28(38(14)32(42)44-34(8,9)10)35(11,12)25-19-17-16-18-20-25/h16-20,22-23,26-28H,15,21H2,1-14H3,(H,36,39)/t26-,27+,28+/m0/s1. The van der Waals surface area contributed by atoms with Crippen molar-refractivity contribution in [1.29, 1.82) is 0 Å². The second-order valence-electron chi connectivity index (χ2n) is 14.6. The number of nitrogens with one attached hydrogen (secondary N) is 1. The number of esters is 1. The van der Waals surface area contributed by atoms with Crippen LogP contribution in [-0.4, -0.2) is 78.1 Å². The van der Waals surface area contributed by atoms with Crippen LogP contribution in [0.3, 0.4) is 0 Å². The Kier molecular flexibility index (Phi) is 13.7. The molecule has 1 N–H and O–H groups in total. The SMILES string of the molecule is CCOC(=O)C(C)=C[C@H](CC(C)C)N(C)C(=O)[C@@H](NC(=O)[C@@H](N(C)C(=O)OC(C)(C)C)C(C)(C)c1ccccc1)C(C)(C)C. The van der Waals surface area contributed by atoms with Crippen LogP contribution in [0.4, 0.5) is 4.79 Å². The molecule has 3 atom stereocenters. The van der Waals surface area contributed by atoms with E-state index in [0.29, 0.717) is 12.0 Å². The summed E-state index contributed by atoms with van der Waals surface area (Å²) in [6.45, 7) is 22.5. The zero-order chi connectivity index (χ0) is 34.2. The minimum Gasteiger partial charge on any atom is -0.463 e. The van der Waals surface area contributed by atoms with Crippen molar-refractivity contribution in [3.63, 3.8) is 0 Å². The quantitative estimate of drug-likeness (QED) is 0.225. The molecule has 1 rings (SSSR count). The van der Waals surface area contributed by atoms with E-state index in [1.807, 2.05) is 78.8 Å². The van der Waals surface area contributed by atoms with Gasteiger partial charge in [-0.25, -0.2) is 9.59 Å². The lowest BCUT2D eigenvalue weighted by Crippen LogP contribution is -2.63. The molecule has 0 saturated heterocycles. The highest BCUT2D eigenvalue weighted by Crippen LogP contribution is 2.32. The zero-order valence-corrected chi connectivity index (χ0v) is 29.5. The van der Waals surface area contributed by atoms with Crippen LogP contribution in [0.2, 0.25) is 0 Å². The van der Waals surface area contributed by atoms with Crippen LogP contribution in [0, 0.1) is 11.3 Å². The first-order valence-corrected chi connectivity index (χ1v) is 15.5. The molecule has 0 aromatic heterocycles. The summed E-state index contributed by atoms with van der Waals surface area (Å²) in [6, 6.07) is 7.13. The fraction of sp³-hybridized carbons (Fsp3) is 0.657. The van der Waals surface area contributed by atoms with Crippen LogP contribution in [-0.2, 0) is 29.3 Å². The van der Waals surface area contributed by atoms with Gasteiger partial charge < -0.3 is 19.7 Å². The van der Waals surface area contributed by atoms with Crippen molar-refractivity contribution < 1.29 is 28.7 Å². The number of nitrogens with zero attached hydrogens (tertiary/aromatic N) is 2. The van der Waals surface area contributed by atoms with Crippen LogP contribution >= 0.6 is 0 Å². The number of likely N-dealkylation sites (N-methyl/N-ethyl adjacent to an activating group) is 2. The maximum absolute atomic E-state index is 14.3. The third-order valence-electron chi connectivity index (χ3n) is 7.52. The molecule has 0 radical (unpaired) electrons. The van der Waals surface area contributed by atoms with Gasteiger partial charge in [0.25, 0.3) is 0 Å². The maximum atomic E-state index is 14.3. The van der Waals surface area contributed by atoms with Crippen LogP contribution in [0.1, 0.15) is 95.1 Å². The predicted molar refractivity (Wildman–Crippen MR) is 175 cm³/mol. The van der Waals surface area contributed by atoms with Crippen molar-refractivity contribution in [3.8, 4) is 0 Å². The lowest BCUT2D eigenvalue weighted by atomic mass is 9.76. The summed E-state index contributed by atoms with van der Waals surface area (Å²) >= 11 is 0. The Bertz CT molecular complexity index is 1160. The van der Waals surface area contributed by atoms with Crippen LogP contribution in [0.15, 0.2) is 42.0 Å². The normalized spacial score (nSPS) is 14.8. The fourth-order valence-electron chi connectivity index (χ4n) is 5.11. The van der Waals surface area contributed by atoms with Gasteiger partial charge in [-0.15, -0.1) is 0 Å². The molecule has 0 saturated carbocycles. The van der Waals surface area contributed by atoms with Gasteiger partial charge in [0.15, 0.2) is 0 Å². The summed E-state index contributed by atoms with van der Waals surface area (Å²) < 4.78 is 10.8. The maximum Gasteiger partial charge on any atom is 0.410 e. The summed E-state index contributed by atoms with van der Waals surface area (Å²) in [6.07, 6.45) is 1.72. The zero-order valence-electron chi connectivity index (χ0n) is 29.5. The fourth-order valence-corrected chi connectivity index (χ4v) is 5.11. The highest BCUT2D eigenvalue weighted by atomic mass is 16.6. The number of rotatable bonds is 12. The first kappa shape index (κ1) is 38.7. The molecule has 3 amide bonds. The Labute approximate surface area is 265 Å². The molecule has 1 aromatic rings. The van der Waals surface area contributed by atoms with Gasteiger partial charge in [-0.2, -0.15) is 0 Å². The Morgan fingerprint density at radius 1 is 0.909 bits per heavy atom. The molecular weight excluding hydrogens is 558 g/mol. The minimum atomic E-state index is -1.01. The summed E-state index contributed by atoms with van der Waals surface area (Å²) in [7, 11) is 3.23. The Balaban J connectivity index is 3.59.